The van der Waals surface area contributed by atoms with Crippen LogP contribution in [0.5, 0.6) is 11.5 Å². The van der Waals surface area contributed by atoms with Crippen LogP contribution in [0.25, 0.3) is 0 Å². The maximum absolute atomic E-state index is 12.2. The Hall–Kier alpha value is -3.35. The van der Waals surface area contributed by atoms with Gasteiger partial charge in [0.1, 0.15) is 18.0 Å². The van der Waals surface area contributed by atoms with Gasteiger partial charge in [-0.3, -0.25) is 14.4 Å². The van der Waals surface area contributed by atoms with Crippen molar-refractivity contribution in [3.8, 4) is 11.5 Å². The molecule has 1 saturated carbocycles. The smallest absolute Gasteiger partial charge is 0.326 e. The molecule has 0 unspecified atom stereocenters. The summed E-state index contributed by atoms with van der Waals surface area (Å²) in [5.74, 6) is -0.120. The molecule has 2 N–H and O–H groups in total. The Morgan fingerprint density at radius 2 is 1.64 bits per heavy atom. The zero-order valence-electron chi connectivity index (χ0n) is 15.5. The predicted molar refractivity (Wildman–Crippen MR) is 102 cm³/mol. The molecule has 1 aliphatic rings. The molecule has 0 aliphatic heterocycles. The highest BCUT2D eigenvalue weighted by Gasteiger charge is 2.27. The zero-order chi connectivity index (χ0) is 19.9. The molecule has 0 saturated heterocycles. The molecule has 0 bridgehead atoms. The van der Waals surface area contributed by atoms with Crippen molar-refractivity contribution in [2.45, 2.75) is 31.9 Å². The largest absolute Gasteiger partial charge is 0.457 e. The second kappa shape index (κ2) is 9.03. The van der Waals surface area contributed by atoms with E-state index in [1.165, 1.54) is 6.92 Å². The summed E-state index contributed by atoms with van der Waals surface area (Å²) >= 11 is 0. The summed E-state index contributed by atoms with van der Waals surface area (Å²) in [5, 5.41) is 5.24. The van der Waals surface area contributed by atoms with Gasteiger partial charge in [0.05, 0.1) is 0 Å². The first-order chi connectivity index (χ1) is 13.5. The second-order valence-corrected chi connectivity index (χ2v) is 6.54. The molecule has 1 atom stereocenters. The summed E-state index contributed by atoms with van der Waals surface area (Å²) in [5.41, 5.74) is 0.382. The van der Waals surface area contributed by atoms with Gasteiger partial charge >= 0.3 is 5.97 Å². The maximum Gasteiger partial charge on any atom is 0.326 e. The van der Waals surface area contributed by atoms with E-state index in [9.17, 15) is 14.4 Å². The van der Waals surface area contributed by atoms with Crippen molar-refractivity contribution in [3.63, 3.8) is 0 Å². The third-order valence-electron chi connectivity index (χ3n) is 4.09. The Bertz CT molecular complexity index is 832. The standard InChI is InChI=1S/C21H22N2O5/c1-14(20(25)23-16-9-10-16)27-19(24)13-22-21(26)15-7-11-18(12-8-15)28-17-5-3-2-4-6-17/h2-8,11-12,14,16H,9-10,13H2,1H3,(H,22,26)(H,23,25)/t14-/m1/s1. The lowest BCUT2D eigenvalue weighted by atomic mass is 10.2. The number of hydrogen-bond donors (Lipinski definition) is 2. The summed E-state index contributed by atoms with van der Waals surface area (Å²) in [4.78, 5) is 35.7. The molecule has 0 radical (unpaired) electrons. The lowest BCUT2D eigenvalue weighted by Gasteiger charge is -2.13. The first-order valence-electron chi connectivity index (χ1n) is 9.12. The third-order valence-corrected chi connectivity index (χ3v) is 4.09. The van der Waals surface area contributed by atoms with Crippen LogP contribution in [0.1, 0.15) is 30.1 Å². The van der Waals surface area contributed by atoms with Crippen molar-refractivity contribution in [1.29, 1.82) is 0 Å². The monoisotopic (exact) mass is 382 g/mol. The van der Waals surface area contributed by atoms with E-state index in [0.717, 1.165) is 12.8 Å². The van der Waals surface area contributed by atoms with Crippen molar-refractivity contribution < 1.29 is 23.9 Å². The molecule has 0 heterocycles. The van der Waals surface area contributed by atoms with E-state index in [1.807, 2.05) is 30.3 Å². The molecule has 1 fully saturated rings. The fraction of sp³-hybridized carbons (Fsp3) is 0.286. The highest BCUT2D eigenvalue weighted by Crippen LogP contribution is 2.21. The van der Waals surface area contributed by atoms with Crippen molar-refractivity contribution in [2.24, 2.45) is 0 Å². The van der Waals surface area contributed by atoms with Gasteiger partial charge in [0.15, 0.2) is 6.10 Å². The highest BCUT2D eigenvalue weighted by atomic mass is 16.5. The van der Waals surface area contributed by atoms with E-state index in [-0.39, 0.29) is 18.5 Å². The number of nitrogens with one attached hydrogen (secondary N) is 2. The number of amides is 2. The van der Waals surface area contributed by atoms with E-state index in [2.05, 4.69) is 10.6 Å². The third kappa shape index (κ3) is 5.84. The molecule has 2 aromatic carbocycles. The molecular formula is C21H22N2O5. The van der Waals surface area contributed by atoms with Gasteiger partial charge in [-0.1, -0.05) is 18.2 Å². The van der Waals surface area contributed by atoms with E-state index >= 15 is 0 Å². The van der Waals surface area contributed by atoms with Gasteiger partial charge in [-0.15, -0.1) is 0 Å². The van der Waals surface area contributed by atoms with Crippen LogP contribution in [0.3, 0.4) is 0 Å². The van der Waals surface area contributed by atoms with Crippen LogP contribution in [0.4, 0.5) is 0 Å². The molecule has 1 aliphatic carbocycles. The number of para-hydroxylation sites is 1. The topological polar surface area (TPSA) is 93.7 Å². The SMILES string of the molecule is C[C@@H](OC(=O)CNC(=O)c1ccc(Oc2ccccc2)cc1)C(=O)NC1CC1. The molecule has 2 aromatic rings. The molecule has 0 spiro atoms. The average Bonchev–Trinajstić information content (AvgIpc) is 3.51. The Labute approximate surface area is 163 Å². The summed E-state index contributed by atoms with van der Waals surface area (Å²) in [7, 11) is 0. The Morgan fingerprint density at radius 3 is 2.29 bits per heavy atom. The van der Waals surface area contributed by atoms with Gasteiger partial charge in [0.2, 0.25) is 0 Å². The highest BCUT2D eigenvalue weighted by molar-refractivity contribution is 5.96. The molecular weight excluding hydrogens is 360 g/mol. The minimum Gasteiger partial charge on any atom is -0.457 e. The Balaban J connectivity index is 1.43. The lowest BCUT2D eigenvalue weighted by Crippen LogP contribution is -2.39. The fourth-order valence-corrected chi connectivity index (χ4v) is 2.39. The van der Waals surface area contributed by atoms with Crippen LogP contribution < -0.4 is 15.4 Å². The van der Waals surface area contributed by atoms with Crippen LogP contribution in [0, 0.1) is 0 Å². The van der Waals surface area contributed by atoms with Crippen LogP contribution in [0.2, 0.25) is 0 Å². The number of esters is 1. The summed E-state index contributed by atoms with van der Waals surface area (Å²) in [6.07, 6.45) is 1.02. The first kappa shape index (κ1) is 19.4. The fourth-order valence-electron chi connectivity index (χ4n) is 2.39. The van der Waals surface area contributed by atoms with Gasteiger partial charge < -0.3 is 20.1 Å². The van der Waals surface area contributed by atoms with Crippen LogP contribution in [-0.4, -0.2) is 36.5 Å². The van der Waals surface area contributed by atoms with E-state index in [1.54, 1.807) is 24.3 Å². The lowest BCUT2D eigenvalue weighted by molar-refractivity contribution is -0.153. The Kier molecular flexibility index (Phi) is 6.26. The molecule has 7 heteroatoms. The molecule has 0 aromatic heterocycles. The van der Waals surface area contributed by atoms with Gasteiger partial charge in [-0.2, -0.15) is 0 Å². The number of ether oxygens (including phenoxy) is 2. The summed E-state index contributed by atoms with van der Waals surface area (Å²) < 4.78 is 10.7. The van der Waals surface area contributed by atoms with Gasteiger partial charge in [-0.25, -0.2) is 0 Å². The Morgan fingerprint density at radius 1 is 1.00 bits per heavy atom. The quantitative estimate of drug-likeness (QED) is 0.684. The molecule has 3 rings (SSSR count). The van der Waals surface area contributed by atoms with Crippen molar-refractivity contribution in [3.05, 3.63) is 60.2 Å². The van der Waals surface area contributed by atoms with Crippen molar-refractivity contribution >= 4 is 17.8 Å². The molecule has 2 amide bonds. The van der Waals surface area contributed by atoms with Gasteiger partial charge in [0.25, 0.3) is 11.8 Å². The number of carbonyl (C=O) groups excluding carboxylic acids is 3. The van der Waals surface area contributed by atoms with E-state index < -0.39 is 18.0 Å². The molecule has 7 nitrogen and oxygen atoms in total. The minimum atomic E-state index is -0.889. The number of hydrogen-bond acceptors (Lipinski definition) is 5. The van der Waals surface area contributed by atoms with Crippen LogP contribution in [-0.2, 0) is 14.3 Å². The van der Waals surface area contributed by atoms with Gasteiger partial charge in [0, 0.05) is 11.6 Å². The van der Waals surface area contributed by atoms with E-state index in [0.29, 0.717) is 17.1 Å². The summed E-state index contributed by atoms with van der Waals surface area (Å²) in [6, 6.07) is 16.0. The first-order valence-corrected chi connectivity index (χ1v) is 9.12. The van der Waals surface area contributed by atoms with Crippen molar-refractivity contribution in [2.75, 3.05) is 6.54 Å². The minimum absolute atomic E-state index is 0.196. The second-order valence-electron chi connectivity index (χ2n) is 6.54. The van der Waals surface area contributed by atoms with E-state index in [4.69, 9.17) is 9.47 Å². The van der Waals surface area contributed by atoms with Crippen LogP contribution in [0.15, 0.2) is 54.6 Å². The van der Waals surface area contributed by atoms with Crippen LogP contribution >= 0.6 is 0 Å². The predicted octanol–water partition coefficient (Wildman–Crippen LogP) is 2.42. The molecule has 28 heavy (non-hydrogen) atoms. The normalized spacial score (nSPS) is 13.9. The maximum atomic E-state index is 12.2. The van der Waals surface area contributed by atoms with Crippen molar-refractivity contribution in [1.82, 2.24) is 10.6 Å². The van der Waals surface area contributed by atoms with Gasteiger partial charge in [-0.05, 0) is 56.2 Å². The zero-order valence-corrected chi connectivity index (χ0v) is 15.5. The average molecular weight is 382 g/mol. The molecule has 146 valence electrons. The number of benzene rings is 2. The number of rotatable bonds is 8. The number of carbonyl (C=O) groups is 3. The summed E-state index contributed by atoms with van der Waals surface area (Å²) in [6.45, 7) is 1.19.